The molecule has 0 spiro atoms. The number of para-hydroxylation sites is 1. The lowest BCUT2D eigenvalue weighted by Crippen LogP contribution is -2.51. The predicted octanol–water partition coefficient (Wildman–Crippen LogP) is 1.78. The van der Waals surface area contributed by atoms with E-state index >= 15 is 0 Å². The van der Waals surface area contributed by atoms with Gasteiger partial charge in [-0.3, -0.25) is 4.79 Å². The molecule has 0 aliphatic carbocycles. The van der Waals surface area contributed by atoms with Gasteiger partial charge in [0, 0.05) is 19.1 Å². The van der Waals surface area contributed by atoms with E-state index in [9.17, 15) is 4.79 Å². The molecule has 1 aromatic heterocycles. The number of hydrogen-bond donors (Lipinski definition) is 1. The van der Waals surface area contributed by atoms with E-state index in [1.807, 2.05) is 30.0 Å². The number of carbonyl (C=O) groups excluding carboxylic acids is 1. The van der Waals surface area contributed by atoms with Gasteiger partial charge in [-0.25, -0.2) is 0 Å². The molecular weight excluding hydrogens is 290 g/mol. The highest BCUT2D eigenvalue weighted by atomic mass is 16.2. The van der Waals surface area contributed by atoms with Crippen LogP contribution in [-0.2, 0) is 0 Å². The average molecular weight is 313 g/mol. The number of likely N-dealkylation sites (tertiary alicyclic amines) is 1. The second-order valence-electron chi connectivity index (χ2n) is 6.21. The molecule has 0 saturated carbocycles. The largest absolute Gasteiger partial charge is 0.334 e. The Kier molecular flexibility index (Phi) is 4.43. The zero-order chi connectivity index (χ0) is 16.4. The maximum Gasteiger partial charge on any atom is 0.256 e. The number of nitrogens with zero attached hydrogens (tertiary/aromatic N) is 4. The van der Waals surface area contributed by atoms with Crippen molar-refractivity contribution < 1.29 is 4.79 Å². The van der Waals surface area contributed by atoms with Gasteiger partial charge in [0.05, 0.1) is 18.0 Å². The van der Waals surface area contributed by atoms with E-state index in [2.05, 4.69) is 17.1 Å². The van der Waals surface area contributed by atoms with Crippen molar-refractivity contribution in [2.24, 2.45) is 11.7 Å². The first kappa shape index (κ1) is 15.7. The lowest BCUT2D eigenvalue weighted by atomic mass is 9.90. The first-order valence-electron chi connectivity index (χ1n) is 8.10. The Labute approximate surface area is 136 Å². The fraction of sp³-hybridized carbons (Fsp3) is 0.471. The summed E-state index contributed by atoms with van der Waals surface area (Å²) in [5.41, 5.74) is 8.29. The molecule has 6 nitrogen and oxygen atoms in total. The monoisotopic (exact) mass is 313 g/mol. The Balaban J connectivity index is 2.01. The summed E-state index contributed by atoms with van der Waals surface area (Å²) in [5.74, 6) is 0.441. The second-order valence-corrected chi connectivity index (χ2v) is 6.21. The van der Waals surface area contributed by atoms with E-state index in [4.69, 9.17) is 5.73 Å². The summed E-state index contributed by atoms with van der Waals surface area (Å²) in [4.78, 5) is 16.6. The van der Waals surface area contributed by atoms with Gasteiger partial charge < -0.3 is 10.6 Å². The van der Waals surface area contributed by atoms with Crippen LogP contribution in [0.1, 0.15) is 35.7 Å². The minimum atomic E-state index is 0.0167. The Morgan fingerprint density at radius 2 is 2.09 bits per heavy atom. The van der Waals surface area contributed by atoms with E-state index < -0.39 is 0 Å². The summed E-state index contributed by atoms with van der Waals surface area (Å²) in [6, 6.07) is 5.81. The number of piperidine rings is 1. The van der Waals surface area contributed by atoms with Gasteiger partial charge in [0.25, 0.3) is 5.91 Å². The molecule has 1 saturated heterocycles. The molecule has 2 N–H and O–H groups in total. The van der Waals surface area contributed by atoms with Gasteiger partial charge in [-0.05, 0) is 37.3 Å². The summed E-state index contributed by atoms with van der Waals surface area (Å²) in [6.07, 6.45) is 5.37. The first-order chi connectivity index (χ1) is 11.1. The number of aromatic nitrogens is 3. The minimum Gasteiger partial charge on any atom is -0.334 e. The standard InChI is InChI=1S/C17H23N5O/c1-12-6-4-10-21(15(12)11-18)17(23)14-7-3-5-13(2)16(14)22-19-8-9-20-22/h3,5,7-9,12,15H,4,6,10-11,18H2,1-2H3. The van der Waals surface area contributed by atoms with Crippen molar-refractivity contribution in [3.8, 4) is 5.69 Å². The molecule has 0 radical (unpaired) electrons. The minimum absolute atomic E-state index is 0.0167. The van der Waals surface area contributed by atoms with Gasteiger partial charge in [0.1, 0.15) is 5.69 Å². The van der Waals surface area contributed by atoms with Gasteiger partial charge in [-0.2, -0.15) is 15.0 Å². The summed E-state index contributed by atoms with van der Waals surface area (Å²) >= 11 is 0. The van der Waals surface area contributed by atoms with Gasteiger partial charge in [0.15, 0.2) is 0 Å². The smallest absolute Gasteiger partial charge is 0.256 e. The molecule has 1 aromatic carbocycles. The molecule has 1 fully saturated rings. The Morgan fingerprint density at radius 1 is 1.35 bits per heavy atom. The fourth-order valence-electron chi connectivity index (χ4n) is 3.44. The molecule has 122 valence electrons. The Bertz CT molecular complexity index is 682. The number of nitrogens with two attached hydrogens (primary N) is 1. The molecule has 23 heavy (non-hydrogen) atoms. The van der Waals surface area contributed by atoms with Crippen LogP contribution in [-0.4, -0.2) is 44.9 Å². The van der Waals surface area contributed by atoms with E-state index in [-0.39, 0.29) is 11.9 Å². The van der Waals surface area contributed by atoms with E-state index in [1.54, 1.807) is 12.4 Å². The third-order valence-electron chi connectivity index (χ3n) is 4.70. The molecule has 6 heteroatoms. The van der Waals surface area contributed by atoms with E-state index in [1.165, 1.54) is 4.80 Å². The lowest BCUT2D eigenvalue weighted by molar-refractivity contribution is 0.0532. The molecule has 2 aromatic rings. The van der Waals surface area contributed by atoms with Crippen LogP contribution in [0.4, 0.5) is 0 Å². The Hall–Kier alpha value is -2.21. The normalized spacial score (nSPS) is 21.4. The van der Waals surface area contributed by atoms with Crippen molar-refractivity contribution in [3.63, 3.8) is 0 Å². The van der Waals surface area contributed by atoms with Crippen molar-refractivity contribution >= 4 is 5.91 Å². The van der Waals surface area contributed by atoms with Crippen molar-refractivity contribution in [2.75, 3.05) is 13.1 Å². The second kappa shape index (κ2) is 6.50. The van der Waals surface area contributed by atoms with Crippen LogP contribution in [0.3, 0.4) is 0 Å². The number of aryl methyl sites for hydroxylation is 1. The maximum absolute atomic E-state index is 13.2. The topological polar surface area (TPSA) is 77.0 Å². The summed E-state index contributed by atoms with van der Waals surface area (Å²) in [7, 11) is 0. The third-order valence-corrected chi connectivity index (χ3v) is 4.70. The molecular formula is C17H23N5O. The Morgan fingerprint density at radius 3 is 2.78 bits per heavy atom. The van der Waals surface area contributed by atoms with Crippen LogP contribution >= 0.6 is 0 Å². The van der Waals surface area contributed by atoms with Crippen molar-refractivity contribution in [2.45, 2.75) is 32.7 Å². The first-order valence-corrected chi connectivity index (χ1v) is 8.10. The van der Waals surface area contributed by atoms with Crippen molar-refractivity contribution in [1.29, 1.82) is 0 Å². The van der Waals surface area contributed by atoms with Crippen LogP contribution in [0.2, 0.25) is 0 Å². The molecule has 1 aliphatic heterocycles. The number of rotatable bonds is 3. The van der Waals surface area contributed by atoms with Gasteiger partial charge in [-0.1, -0.05) is 19.1 Å². The quantitative estimate of drug-likeness (QED) is 0.937. The number of benzene rings is 1. The van der Waals surface area contributed by atoms with Crippen LogP contribution in [0, 0.1) is 12.8 Å². The molecule has 2 atom stereocenters. The maximum atomic E-state index is 13.2. The van der Waals surface area contributed by atoms with Gasteiger partial charge in [0.2, 0.25) is 0 Å². The van der Waals surface area contributed by atoms with Crippen molar-refractivity contribution in [3.05, 3.63) is 41.7 Å². The van der Waals surface area contributed by atoms with Crippen LogP contribution in [0.25, 0.3) is 5.69 Å². The predicted molar refractivity (Wildman–Crippen MR) is 88.4 cm³/mol. The summed E-state index contributed by atoms with van der Waals surface area (Å²) < 4.78 is 0. The lowest BCUT2D eigenvalue weighted by Gasteiger charge is -2.39. The van der Waals surface area contributed by atoms with E-state index in [0.29, 0.717) is 18.0 Å². The molecule has 2 heterocycles. The summed E-state index contributed by atoms with van der Waals surface area (Å²) in [6.45, 7) is 5.39. The van der Waals surface area contributed by atoms with Gasteiger partial charge >= 0.3 is 0 Å². The molecule has 3 rings (SSSR count). The molecule has 1 aliphatic rings. The van der Waals surface area contributed by atoms with Gasteiger partial charge in [-0.15, -0.1) is 0 Å². The van der Waals surface area contributed by atoms with Crippen molar-refractivity contribution in [1.82, 2.24) is 19.9 Å². The zero-order valence-corrected chi connectivity index (χ0v) is 13.6. The summed E-state index contributed by atoms with van der Waals surface area (Å²) in [5, 5.41) is 8.40. The highest BCUT2D eigenvalue weighted by Gasteiger charge is 2.32. The molecule has 0 bridgehead atoms. The molecule has 1 amide bonds. The van der Waals surface area contributed by atoms with Crippen LogP contribution in [0.15, 0.2) is 30.6 Å². The molecule has 2 unspecified atom stereocenters. The zero-order valence-electron chi connectivity index (χ0n) is 13.6. The van der Waals surface area contributed by atoms with E-state index in [0.717, 1.165) is 30.6 Å². The third kappa shape index (κ3) is 2.86. The highest BCUT2D eigenvalue weighted by molar-refractivity contribution is 5.98. The fourth-order valence-corrected chi connectivity index (χ4v) is 3.44. The number of amides is 1. The van der Waals surface area contributed by atoms with Crippen LogP contribution < -0.4 is 5.73 Å². The highest BCUT2D eigenvalue weighted by Crippen LogP contribution is 2.27. The SMILES string of the molecule is Cc1cccc(C(=O)N2CCCC(C)C2CN)c1-n1nccn1. The van der Waals surface area contributed by atoms with Crippen LogP contribution in [0.5, 0.6) is 0 Å². The number of hydrogen-bond acceptors (Lipinski definition) is 4. The average Bonchev–Trinajstić information content (AvgIpc) is 3.07. The number of carbonyl (C=O) groups is 1.